The van der Waals surface area contributed by atoms with E-state index in [1.54, 1.807) is 29.5 Å². The smallest absolute Gasteiger partial charge is 0.283 e. The molecule has 1 amide bonds. The molecule has 2 aromatic rings. The van der Waals surface area contributed by atoms with Gasteiger partial charge < -0.3 is 14.2 Å². The Balaban J connectivity index is 1.66. The Kier molecular flexibility index (Phi) is 5.60. The Bertz CT molecular complexity index is 1080. The zero-order valence-electron chi connectivity index (χ0n) is 16.5. The van der Waals surface area contributed by atoms with Gasteiger partial charge in [0.1, 0.15) is 5.04 Å². The van der Waals surface area contributed by atoms with Crippen LogP contribution in [0, 0.1) is 5.41 Å². The number of amidine groups is 2. The SMILES string of the molecule is COc1cc(/C=C2/C(=N)N3N=C(Cc4cccs4)SC3=NC2=O)cc(OC)c1OC. The molecule has 0 unspecified atom stereocenters. The number of thioether (sulfide) groups is 1. The second-order valence-corrected chi connectivity index (χ2v) is 8.30. The second-order valence-electron chi connectivity index (χ2n) is 6.23. The molecule has 0 aliphatic carbocycles. The lowest BCUT2D eigenvalue weighted by Gasteiger charge is -2.20. The van der Waals surface area contributed by atoms with E-state index in [4.69, 9.17) is 19.6 Å². The van der Waals surface area contributed by atoms with Crippen LogP contribution < -0.4 is 14.2 Å². The summed E-state index contributed by atoms with van der Waals surface area (Å²) in [5.74, 6) is 0.852. The van der Waals surface area contributed by atoms with E-state index in [9.17, 15) is 4.79 Å². The minimum atomic E-state index is -0.486. The number of fused-ring (bicyclic) bond motifs is 1. The van der Waals surface area contributed by atoms with E-state index in [1.807, 2.05) is 17.5 Å². The molecule has 154 valence electrons. The predicted molar refractivity (Wildman–Crippen MR) is 119 cm³/mol. The van der Waals surface area contributed by atoms with Gasteiger partial charge in [0, 0.05) is 11.3 Å². The van der Waals surface area contributed by atoms with Crippen LogP contribution in [0.15, 0.2) is 45.3 Å². The summed E-state index contributed by atoms with van der Waals surface area (Å²) < 4.78 is 16.0. The quantitative estimate of drug-likeness (QED) is 0.686. The number of hydrazone groups is 1. The van der Waals surface area contributed by atoms with E-state index in [0.29, 0.717) is 34.4 Å². The molecule has 0 spiro atoms. The Morgan fingerprint density at radius 3 is 2.50 bits per heavy atom. The first-order chi connectivity index (χ1) is 14.5. The van der Waals surface area contributed by atoms with Gasteiger partial charge in [-0.15, -0.1) is 11.3 Å². The number of nitrogens with one attached hydrogen (secondary N) is 1. The average molecular weight is 443 g/mol. The lowest BCUT2D eigenvalue weighted by atomic mass is 10.1. The van der Waals surface area contributed by atoms with Crippen LogP contribution in [0.3, 0.4) is 0 Å². The third kappa shape index (κ3) is 3.71. The fourth-order valence-electron chi connectivity index (χ4n) is 3.02. The molecule has 1 aromatic carbocycles. The van der Waals surface area contributed by atoms with Crippen molar-refractivity contribution in [3.63, 3.8) is 0 Å². The average Bonchev–Trinajstić information content (AvgIpc) is 3.40. The molecule has 1 N–H and O–H groups in total. The molecule has 0 radical (unpaired) electrons. The predicted octanol–water partition coefficient (Wildman–Crippen LogP) is 3.64. The van der Waals surface area contributed by atoms with Gasteiger partial charge >= 0.3 is 0 Å². The van der Waals surface area contributed by atoms with Crippen LogP contribution in [-0.2, 0) is 11.2 Å². The van der Waals surface area contributed by atoms with Crippen LogP contribution in [0.4, 0.5) is 0 Å². The Hall–Kier alpha value is -3.11. The minimum Gasteiger partial charge on any atom is -0.493 e. The molecule has 8 nitrogen and oxygen atoms in total. The summed E-state index contributed by atoms with van der Waals surface area (Å²) in [6, 6.07) is 7.42. The Morgan fingerprint density at radius 2 is 1.90 bits per heavy atom. The number of carbonyl (C=O) groups excluding carboxylic acids is 1. The van der Waals surface area contributed by atoms with E-state index < -0.39 is 5.91 Å². The van der Waals surface area contributed by atoms with Crippen molar-refractivity contribution in [2.75, 3.05) is 21.3 Å². The number of methoxy groups -OCH3 is 3. The third-order valence-corrected chi connectivity index (χ3v) is 6.18. The van der Waals surface area contributed by atoms with Gasteiger partial charge in [-0.1, -0.05) is 6.07 Å². The molecule has 10 heteroatoms. The summed E-state index contributed by atoms with van der Waals surface area (Å²) in [5.41, 5.74) is 0.751. The minimum absolute atomic E-state index is 0.0209. The van der Waals surface area contributed by atoms with Gasteiger partial charge in [-0.05, 0) is 47.0 Å². The fraction of sp³-hybridized carbons (Fsp3) is 0.200. The molecular weight excluding hydrogens is 424 g/mol. The van der Waals surface area contributed by atoms with E-state index in [1.165, 1.54) is 38.1 Å². The number of thiophene rings is 1. The molecule has 0 atom stereocenters. The summed E-state index contributed by atoms with van der Waals surface area (Å²) in [5, 5.41) is 17.6. The third-order valence-electron chi connectivity index (χ3n) is 4.40. The fourth-order valence-corrected chi connectivity index (χ4v) is 4.73. The number of amides is 1. The van der Waals surface area contributed by atoms with Crippen molar-refractivity contribution < 1.29 is 19.0 Å². The standard InChI is InChI=1S/C20H18N4O4S2/c1-26-14-8-11(9-15(27-2)17(14)28-3)7-13-18(21)24-20(22-19(13)25)30-16(23-24)10-12-5-4-6-29-12/h4-9,21H,10H2,1-3H3/b13-7-,21-18?. The first kappa shape index (κ1) is 20.2. The summed E-state index contributed by atoms with van der Waals surface area (Å²) >= 11 is 2.95. The maximum atomic E-state index is 12.6. The highest BCUT2D eigenvalue weighted by Gasteiger charge is 2.35. The summed E-state index contributed by atoms with van der Waals surface area (Å²) in [6.45, 7) is 0. The lowest BCUT2D eigenvalue weighted by Crippen LogP contribution is -2.35. The van der Waals surface area contributed by atoms with Gasteiger partial charge in [0.05, 0.1) is 26.9 Å². The van der Waals surface area contributed by atoms with Crippen LogP contribution in [0.1, 0.15) is 10.4 Å². The van der Waals surface area contributed by atoms with Gasteiger partial charge in [0.25, 0.3) is 5.91 Å². The molecule has 30 heavy (non-hydrogen) atoms. The van der Waals surface area contributed by atoms with Gasteiger partial charge in [0.2, 0.25) is 10.9 Å². The molecule has 2 aliphatic rings. The topological polar surface area (TPSA) is 96.6 Å². The number of aliphatic imine (C=N–C) groups is 1. The highest BCUT2D eigenvalue weighted by atomic mass is 32.2. The highest BCUT2D eigenvalue weighted by molar-refractivity contribution is 8.27. The molecule has 2 aliphatic heterocycles. The largest absolute Gasteiger partial charge is 0.493 e. The van der Waals surface area contributed by atoms with Crippen molar-refractivity contribution in [1.29, 1.82) is 5.41 Å². The van der Waals surface area contributed by atoms with Crippen molar-refractivity contribution in [1.82, 2.24) is 5.01 Å². The van der Waals surface area contributed by atoms with Crippen LogP contribution in [-0.4, -0.2) is 48.3 Å². The van der Waals surface area contributed by atoms with E-state index >= 15 is 0 Å². The van der Waals surface area contributed by atoms with Crippen molar-refractivity contribution in [2.45, 2.75) is 6.42 Å². The lowest BCUT2D eigenvalue weighted by molar-refractivity contribution is -0.114. The van der Waals surface area contributed by atoms with Gasteiger partial charge in [-0.2, -0.15) is 15.1 Å². The van der Waals surface area contributed by atoms with E-state index in [0.717, 1.165) is 9.92 Å². The van der Waals surface area contributed by atoms with Crippen molar-refractivity contribution in [2.24, 2.45) is 10.1 Å². The number of ether oxygens (including phenoxy) is 3. The molecular formula is C20H18N4O4S2. The monoisotopic (exact) mass is 442 g/mol. The van der Waals surface area contributed by atoms with Gasteiger partial charge in [0.15, 0.2) is 17.3 Å². The van der Waals surface area contributed by atoms with Crippen LogP contribution in [0.5, 0.6) is 17.2 Å². The van der Waals surface area contributed by atoms with E-state index in [-0.39, 0.29) is 11.4 Å². The molecule has 0 fully saturated rings. The molecule has 0 saturated carbocycles. The normalized spacial score (nSPS) is 17.0. The Morgan fingerprint density at radius 1 is 1.17 bits per heavy atom. The first-order valence-electron chi connectivity index (χ1n) is 8.85. The number of hydrogen-bond acceptors (Lipinski definition) is 8. The zero-order valence-corrected chi connectivity index (χ0v) is 18.1. The molecule has 4 rings (SSSR count). The molecule has 1 aromatic heterocycles. The van der Waals surface area contributed by atoms with Crippen molar-refractivity contribution >= 4 is 51.1 Å². The number of nitrogens with zero attached hydrogens (tertiary/aromatic N) is 3. The first-order valence-corrected chi connectivity index (χ1v) is 10.5. The molecule has 3 heterocycles. The second kappa shape index (κ2) is 8.33. The van der Waals surface area contributed by atoms with E-state index in [2.05, 4.69) is 10.1 Å². The maximum Gasteiger partial charge on any atom is 0.283 e. The van der Waals surface area contributed by atoms with Gasteiger partial charge in [-0.25, -0.2) is 0 Å². The van der Waals surface area contributed by atoms with Crippen molar-refractivity contribution in [3.8, 4) is 17.2 Å². The molecule has 0 saturated heterocycles. The maximum absolute atomic E-state index is 12.6. The number of rotatable bonds is 6. The summed E-state index contributed by atoms with van der Waals surface area (Å²) in [6.07, 6.45) is 2.22. The summed E-state index contributed by atoms with van der Waals surface area (Å²) in [4.78, 5) is 17.9. The van der Waals surface area contributed by atoms with Crippen molar-refractivity contribution in [3.05, 3.63) is 45.7 Å². The Labute approximate surface area is 181 Å². The highest BCUT2D eigenvalue weighted by Crippen LogP contribution is 2.39. The van der Waals surface area contributed by atoms with Gasteiger partial charge in [-0.3, -0.25) is 10.2 Å². The van der Waals surface area contributed by atoms with Crippen LogP contribution >= 0.6 is 23.1 Å². The number of carbonyl (C=O) groups is 1. The van der Waals surface area contributed by atoms with Crippen LogP contribution in [0.2, 0.25) is 0 Å². The number of hydrogen-bond donors (Lipinski definition) is 1. The molecule has 0 bridgehead atoms. The summed E-state index contributed by atoms with van der Waals surface area (Å²) in [7, 11) is 4.56. The zero-order chi connectivity index (χ0) is 21.3. The van der Waals surface area contributed by atoms with Crippen LogP contribution in [0.25, 0.3) is 6.08 Å². The number of benzene rings is 1.